The van der Waals surface area contributed by atoms with E-state index in [4.69, 9.17) is 0 Å². The summed E-state index contributed by atoms with van der Waals surface area (Å²) in [5.74, 6) is 0. The normalized spacial score (nSPS) is 27.0. The number of hydrogen-bond acceptors (Lipinski definition) is 1. The van der Waals surface area contributed by atoms with Gasteiger partial charge in [0.25, 0.3) is 0 Å². The van der Waals surface area contributed by atoms with Crippen LogP contribution < -0.4 is 0 Å². The molecule has 0 aliphatic heterocycles. The summed E-state index contributed by atoms with van der Waals surface area (Å²) < 4.78 is 0. The fraction of sp³-hybridized carbons (Fsp3) is 0.375. The molecule has 1 heteroatoms. The van der Waals surface area contributed by atoms with Crippen LogP contribution in [-0.2, 0) is 0 Å². The minimum atomic E-state index is -0.657. The molecule has 1 fully saturated rings. The van der Waals surface area contributed by atoms with Crippen LogP contribution in [0.25, 0.3) is 6.08 Å². The van der Waals surface area contributed by atoms with Crippen molar-refractivity contribution in [3.8, 4) is 0 Å². The lowest BCUT2D eigenvalue weighted by molar-refractivity contribution is 0.0559. The van der Waals surface area contributed by atoms with Crippen LogP contribution in [0.4, 0.5) is 0 Å². The van der Waals surface area contributed by atoms with Crippen molar-refractivity contribution in [2.45, 2.75) is 37.7 Å². The third-order valence-corrected chi connectivity index (χ3v) is 3.51. The summed E-state index contributed by atoms with van der Waals surface area (Å²) in [5.41, 5.74) is 1.68. The van der Waals surface area contributed by atoms with Crippen molar-refractivity contribution in [1.82, 2.24) is 0 Å². The van der Waals surface area contributed by atoms with Crippen LogP contribution in [0, 0.1) is 0 Å². The maximum absolute atomic E-state index is 10.7. The van der Waals surface area contributed by atoms with Gasteiger partial charge < -0.3 is 5.11 Å². The van der Waals surface area contributed by atoms with Gasteiger partial charge in [-0.05, 0) is 43.2 Å². The molecule has 1 aliphatic carbocycles. The van der Waals surface area contributed by atoms with Crippen LogP contribution in [0.15, 0.2) is 48.6 Å². The average Bonchev–Trinajstić information content (AvgIpc) is 2.34. The highest BCUT2D eigenvalue weighted by Crippen LogP contribution is 2.37. The van der Waals surface area contributed by atoms with Gasteiger partial charge in [-0.3, -0.25) is 0 Å². The SMILES string of the molecule is C=CC[C@@]1(O)CCCC/C1=C/c1ccccc1. The van der Waals surface area contributed by atoms with E-state index in [1.807, 2.05) is 24.3 Å². The lowest BCUT2D eigenvalue weighted by atomic mass is 9.77. The maximum Gasteiger partial charge on any atom is 0.0894 e. The van der Waals surface area contributed by atoms with Crippen molar-refractivity contribution < 1.29 is 5.11 Å². The zero-order valence-electron chi connectivity index (χ0n) is 10.2. The van der Waals surface area contributed by atoms with Gasteiger partial charge in [0.15, 0.2) is 0 Å². The Morgan fingerprint density at radius 2 is 2.00 bits per heavy atom. The predicted octanol–water partition coefficient (Wildman–Crippen LogP) is 3.95. The summed E-state index contributed by atoms with van der Waals surface area (Å²) in [5, 5.41) is 10.7. The first kappa shape index (κ1) is 12.1. The maximum atomic E-state index is 10.7. The van der Waals surface area contributed by atoms with Gasteiger partial charge in [0.2, 0.25) is 0 Å². The van der Waals surface area contributed by atoms with Gasteiger partial charge in [-0.25, -0.2) is 0 Å². The van der Waals surface area contributed by atoms with E-state index in [1.54, 1.807) is 0 Å². The fourth-order valence-electron chi connectivity index (χ4n) is 2.56. The molecule has 0 heterocycles. The van der Waals surface area contributed by atoms with Gasteiger partial charge in [0.05, 0.1) is 5.60 Å². The molecule has 0 radical (unpaired) electrons. The van der Waals surface area contributed by atoms with Gasteiger partial charge in [-0.2, -0.15) is 0 Å². The lowest BCUT2D eigenvalue weighted by Gasteiger charge is -2.34. The van der Waals surface area contributed by atoms with Gasteiger partial charge in [0, 0.05) is 0 Å². The molecule has 0 bridgehead atoms. The smallest absolute Gasteiger partial charge is 0.0894 e. The Morgan fingerprint density at radius 1 is 1.24 bits per heavy atom. The van der Waals surface area contributed by atoms with E-state index in [-0.39, 0.29) is 0 Å². The molecule has 1 aromatic carbocycles. The molecule has 1 atom stereocenters. The highest BCUT2D eigenvalue weighted by molar-refractivity contribution is 5.55. The zero-order valence-corrected chi connectivity index (χ0v) is 10.2. The van der Waals surface area contributed by atoms with Crippen LogP contribution in [0.1, 0.15) is 37.7 Å². The molecule has 2 rings (SSSR count). The molecule has 90 valence electrons. The highest BCUT2D eigenvalue weighted by Gasteiger charge is 2.32. The Kier molecular flexibility index (Phi) is 3.80. The van der Waals surface area contributed by atoms with Gasteiger partial charge in [-0.15, -0.1) is 6.58 Å². The van der Waals surface area contributed by atoms with Crippen LogP contribution in [0.2, 0.25) is 0 Å². The first-order valence-corrected chi connectivity index (χ1v) is 6.34. The molecule has 17 heavy (non-hydrogen) atoms. The summed E-state index contributed by atoms with van der Waals surface area (Å²) in [6, 6.07) is 10.2. The lowest BCUT2D eigenvalue weighted by Crippen LogP contribution is -2.33. The third kappa shape index (κ3) is 2.86. The molecular weight excluding hydrogens is 208 g/mol. The fourth-order valence-corrected chi connectivity index (χ4v) is 2.56. The molecule has 0 saturated heterocycles. The second-order valence-electron chi connectivity index (χ2n) is 4.81. The molecule has 0 unspecified atom stereocenters. The van der Waals surface area contributed by atoms with E-state index in [9.17, 15) is 5.11 Å². The Morgan fingerprint density at radius 3 is 2.71 bits per heavy atom. The Hall–Kier alpha value is -1.34. The van der Waals surface area contributed by atoms with Crippen molar-refractivity contribution in [2.24, 2.45) is 0 Å². The average molecular weight is 228 g/mol. The van der Waals surface area contributed by atoms with E-state index >= 15 is 0 Å². The first-order chi connectivity index (χ1) is 8.24. The molecule has 0 spiro atoms. The van der Waals surface area contributed by atoms with Crippen LogP contribution in [0.5, 0.6) is 0 Å². The van der Waals surface area contributed by atoms with Crippen LogP contribution in [-0.4, -0.2) is 10.7 Å². The molecule has 0 amide bonds. The minimum absolute atomic E-state index is 0.657. The molecule has 1 aromatic rings. The second kappa shape index (κ2) is 5.33. The van der Waals surface area contributed by atoms with Crippen LogP contribution >= 0.6 is 0 Å². The van der Waals surface area contributed by atoms with Crippen molar-refractivity contribution in [3.05, 3.63) is 54.1 Å². The molecule has 1 aliphatic rings. The van der Waals surface area contributed by atoms with Gasteiger partial charge >= 0.3 is 0 Å². The van der Waals surface area contributed by atoms with E-state index in [2.05, 4.69) is 24.8 Å². The van der Waals surface area contributed by atoms with E-state index in [1.165, 1.54) is 12.0 Å². The predicted molar refractivity (Wildman–Crippen MR) is 72.7 cm³/mol. The summed E-state index contributed by atoms with van der Waals surface area (Å²) in [7, 11) is 0. The number of hydrogen-bond donors (Lipinski definition) is 1. The quantitative estimate of drug-likeness (QED) is 0.777. The number of benzene rings is 1. The Labute approximate surface area is 103 Å². The molecule has 1 N–H and O–H groups in total. The van der Waals surface area contributed by atoms with Crippen molar-refractivity contribution in [1.29, 1.82) is 0 Å². The standard InChI is InChI=1S/C16H20O/c1-2-11-16(17)12-7-6-10-15(16)13-14-8-4-3-5-9-14/h2-5,8-9,13,17H,1,6-7,10-12H2/b15-13-/t16-/m1/s1. The summed E-state index contributed by atoms with van der Waals surface area (Å²) in [6.07, 6.45) is 8.77. The number of rotatable bonds is 3. The highest BCUT2D eigenvalue weighted by atomic mass is 16.3. The van der Waals surface area contributed by atoms with Gasteiger partial charge in [-0.1, -0.05) is 42.5 Å². The summed E-state index contributed by atoms with van der Waals surface area (Å²) >= 11 is 0. The van der Waals surface area contributed by atoms with Crippen molar-refractivity contribution >= 4 is 6.08 Å². The van der Waals surface area contributed by atoms with Crippen LogP contribution in [0.3, 0.4) is 0 Å². The summed E-state index contributed by atoms with van der Waals surface area (Å²) in [4.78, 5) is 0. The molecule has 1 saturated carbocycles. The topological polar surface area (TPSA) is 20.2 Å². The van der Waals surface area contributed by atoms with E-state index in [0.29, 0.717) is 6.42 Å². The minimum Gasteiger partial charge on any atom is -0.385 e. The molecular formula is C16H20O. The van der Waals surface area contributed by atoms with E-state index < -0.39 is 5.60 Å². The van der Waals surface area contributed by atoms with Crippen molar-refractivity contribution in [2.75, 3.05) is 0 Å². The number of aliphatic hydroxyl groups is 1. The van der Waals surface area contributed by atoms with Crippen molar-refractivity contribution in [3.63, 3.8) is 0 Å². The Balaban J connectivity index is 2.28. The van der Waals surface area contributed by atoms with Gasteiger partial charge in [0.1, 0.15) is 0 Å². The zero-order chi connectivity index (χ0) is 12.1. The Bertz CT molecular complexity index is 405. The molecule has 1 nitrogen and oxygen atoms in total. The first-order valence-electron chi connectivity index (χ1n) is 6.34. The van der Waals surface area contributed by atoms with E-state index in [0.717, 1.165) is 24.8 Å². The largest absolute Gasteiger partial charge is 0.385 e. The third-order valence-electron chi connectivity index (χ3n) is 3.51. The second-order valence-corrected chi connectivity index (χ2v) is 4.81. The monoisotopic (exact) mass is 228 g/mol. The summed E-state index contributed by atoms with van der Waals surface area (Å²) in [6.45, 7) is 3.75. The molecule has 0 aromatic heterocycles.